The van der Waals surface area contributed by atoms with E-state index in [4.69, 9.17) is 9.47 Å². The summed E-state index contributed by atoms with van der Waals surface area (Å²) >= 11 is 1.65. The van der Waals surface area contributed by atoms with Crippen molar-refractivity contribution in [1.29, 1.82) is 0 Å². The average Bonchev–Trinajstić information content (AvgIpc) is 3.20. The van der Waals surface area contributed by atoms with Crippen molar-refractivity contribution in [2.45, 2.75) is 25.8 Å². The van der Waals surface area contributed by atoms with Gasteiger partial charge in [0, 0.05) is 16.6 Å². The zero-order chi connectivity index (χ0) is 17.4. The number of H-pyrrole nitrogens is 1. The lowest BCUT2D eigenvalue weighted by molar-refractivity contribution is 0.355. The number of ether oxygens (including phenoxy) is 2. The molecular formula is C18H19N3O3S. The molecule has 2 N–H and O–H groups in total. The number of nitrogens with one attached hydrogen (secondary N) is 2. The van der Waals surface area contributed by atoms with Crippen molar-refractivity contribution >= 4 is 27.2 Å². The fourth-order valence-corrected chi connectivity index (χ4v) is 4.54. The van der Waals surface area contributed by atoms with E-state index in [-0.39, 0.29) is 5.56 Å². The second kappa shape index (κ2) is 6.40. The molecule has 1 aliphatic carbocycles. The van der Waals surface area contributed by atoms with Crippen LogP contribution in [-0.4, -0.2) is 24.2 Å². The molecular weight excluding hydrogens is 338 g/mol. The molecule has 0 unspecified atom stereocenters. The number of fused-ring (bicyclic) bond motifs is 3. The van der Waals surface area contributed by atoms with Gasteiger partial charge in [0.15, 0.2) is 11.5 Å². The van der Waals surface area contributed by atoms with Gasteiger partial charge in [0.2, 0.25) is 0 Å². The van der Waals surface area contributed by atoms with Crippen LogP contribution in [0.1, 0.15) is 22.7 Å². The first-order valence-electron chi connectivity index (χ1n) is 8.19. The molecule has 2 aromatic heterocycles. The molecule has 0 spiro atoms. The number of anilines is 1. The highest BCUT2D eigenvalue weighted by molar-refractivity contribution is 7.18. The second-order valence-electron chi connectivity index (χ2n) is 5.97. The molecule has 1 aromatic carbocycles. The Bertz CT molecular complexity index is 993. The Morgan fingerprint density at radius 3 is 2.88 bits per heavy atom. The quantitative estimate of drug-likeness (QED) is 0.734. The third kappa shape index (κ3) is 2.84. The van der Waals surface area contributed by atoms with Crippen LogP contribution in [0.5, 0.6) is 11.5 Å². The lowest BCUT2D eigenvalue weighted by Gasteiger charge is -2.11. The molecule has 0 atom stereocenters. The number of methoxy groups -OCH3 is 2. The van der Waals surface area contributed by atoms with Gasteiger partial charge in [0.05, 0.1) is 26.2 Å². The summed E-state index contributed by atoms with van der Waals surface area (Å²) in [5, 5.41) is 4.05. The standard InChI is InChI=1S/C18H19N3O3S/c1-23-12-7-6-10(8-13(12)24-2)19-9-15-20-17(22)16-11-4-3-5-14(11)25-18(16)21-15/h6-8,19H,3-5,9H2,1-2H3,(H,20,21,22). The van der Waals surface area contributed by atoms with E-state index in [1.165, 1.54) is 10.4 Å². The van der Waals surface area contributed by atoms with E-state index in [0.717, 1.165) is 35.2 Å². The maximum absolute atomic E-state index is 12.5. The molecule has 0 fully saturated rings. The van der Waals surface area contributed by atoms with Gasteiger partial charge in [0.1, 0.15) is 10.7 Å². The van der Waals surface area contributed by atoms with Gasteiger partial charge in [-0.15, -0.1) is 11.3 Å². The van der Waals surface area contributed by atoms with Crippen LogP contribution in [0, 0.1) is 0 Å². The van der Waals surface area contributed by atoms with Crippen molar-refractivity contribution in [3.05, 3.63) is 44.8 Å². The normalized spacial score (nSPS) is 13.0. The van der Waals surface area contributed by atoms with Gasteiger partial charge in [-0.25, -0.2) is 4.98 Å². The average molecular weight is 357 g/mol. The van der Waals surface area contributed by atoms with E-state index >= 15 is 0 Å². The first kappa shape index (κ1) is 16.0. The highest BCUT2D eigenvalue weighted by Gasteiger charge is 2.21. The van der Waals surface area contributed by atoms with Gasteiger partial charge < -0.3 is 19.8 Å². The number of benzene rings is 1. The highest BCUT2D eigenvalue weighted by Crippen LogP contribution is 2.34. The van der Waals surface area contributed by atoms with E-state index in [2.05, 4.69) is 15.3 Å². The molecule has 6 nitrogen and oxygen atoms in total. The van der Waals surface area contributed by atoms with Gasteiger partial charge in [-0.3, -0.25) is 4.79 Å². The van der Waals surface area contributed by atoms with Gasteiger partial charge in [0.25, 0.3) is 5.56 Å². The molecule has 0 saturated heterocycles. The fraction of sp³-hybridized carbons (Fsp3) is 0.333. The van der Waals surface area contributed by atoms with Crippen molar-refractivity contribution < 1.29 is 9.47 Å². The molecule has 130 valence electrons. The molecule has 1 aliphatic rings. The van der Waals surface area contributed by atoms with Gasteiger partial charge in [-0.2, -0.15) is 0 Å². The van der Waals surface area contributed by atoms with E-state index in [1.807, 2.05) is 18.2 Å². The van der Waals surface area contributed by atoms with Crippen LogP contribution in [0.4, 0.5) is 5.69 Å². The van der Waals surface area contributed by atoms with Gasteiger partial charge in [-0.05, 0) is 37.0 Å². The smallest absolute Gasteiger partial charge is 0.259 e. The second-order valence-corrected chi connectivity index (χ2v) is 7.06. The van der Waals surface area contributed by atoms with E-state index in [9.17, 15) is 4.79 Å². The SMILES string of the molecule is COc1ccc(NCc2nc3sc4c(c3c(=O)[nH]2)CCC4)cc1OC. The number of rotatable bonds is 5. The number of thiophene rings is 1. The van der Waals surface area contributed by atoms with Crippen molar-refractivity contribution in [3.8, 4) is 11.5 Å². The number of aryl methyl sites for hydroxylation is 2. The summed E-state index contributed by atoms with van der Waals surface area (Å²) in [6.07, 6.45) is 3.19. The van der Waals surface area contributed by atoms with E-state index < -0.39 is 0 Å². The minimum Gasteiger partial charge on any atom is -0.493 e. The van der Waals surface area contributed by atoms with Crippen LogP contribution in [0.15, 0.2) is 23.0 Å². The zero-order valence-corrected chi connectivity index (χ0v) is 15.0. The van der Waals surface area contributed by atoms with Crippen molar-refractivity contribution in [2.75, 3.05) is 19.5 Å². The van der Waals surface area contributed by atoms with Crippen molar-refractivity contribution in [3.63, 3.8) is 0 Å². The largest absolute Gasteiger partial charge is 0.493 e. The molecule has 0 amide bonds. The topological polar surface area (TPSA) is 76.2 Å². The Morgan fingerprint density at radius 1 is 1.24 bits per heavy atom. The molecule has 0 aliphatic heterocycles. The maximum atomic E-state index is 12.5. The van der Waals surface area contributed by atoms with Gasteiger partial charge >= 0.3 is 0 Å². The van der Waals surface area contributed by atoms with E-state index in [1.54, 1.807) is 25.6 Å². The first-order valence-corrected chi connectivity index (χ1v) is 9.00. The van der Waals surface area contributed by atoms with Crippen LogP contribution in [-0.2, 0) is 19.4 Å². The van der Waals surface area contributed by atoms with Crippen molar-refractivity contribution in [2.24, 2.45) is 0 Å². The van der Waals surface area contributed by atoms with Crippen LogP contribution in [0.2, 0.25) is 0 Å². The lowest BCUT2D eigenvalue weighted by Crippen LogP contribution is -2.14. The van der Waals surface area contributed by atoms with Crippen LogP contribution >= 0.6 is 11.3 Å². The van der Waals surface area contributed by atoms with E-state index in [0.29, 0.717) is 23.9 Å². The maximum Gasteiger partial charge on any atom is 0.259 e. The Labute approximate surface area is 148 Å². The minimum atomic E-state index is -0.0338. The molecule has 3 aromatic rings. The van der Waals surface area contributed by atoms with Gasteiger partial charge in [-0.1, -0.05) is 0 Å². The van der Waals surface area contributed by atoms with Crippen LogP contribution < -0.4 is 20.3 Å². The highest BCUT2D eigenvalue weighted by atomic mass is 32.1. The lowest BCUT2D eigenvalue weighted by atomic mass is 10.2. The Hall–Kier alpha value is -2.54. The predicted molar refractivity (Wildman–Crippen MR) is 99.1 cm³/mol. The third-order valence-corrected chi connectivity index (χ3v) is 5.65. The number of nitrogens with zero attached hydrogens (tertiary/aromatic N) is 1. The summed E-state index contributed by atoms with van der Waals surface area (Å²) in [6.45, 7) is 0.434. The Kier molecular flexibility index (Phi) is 4.09. The monoisotopic (exact) mass is 357 g/mol. The molecule has 0 saturated carbocycles. The molecule has 0 radical (unpaired) electrons. The summed E-state index contributed by atoms with van der Waals surface area (Å²) in [4.78, 5) is 22.2. The summed E-state index contributed by atoms with van der Waals surface area (Å²) in [6, 6.07) is 5.59. The Balaban J connectivity index is 1.58. The summed E-state index contributed by atoms with van der Waals surface area (Å²) in [7, 11) is 3.21. The molecule has 7 heteroatoms. The molecule has 2 heterocycles. The molecule has 25 heavy (non-hydrogen) atoms. The summed E-state index contributed by atoms with van der Waals surface area (Å²) < 4.78 is 10.5. The van der Waals surface area contributed by atoms with Crippen molar-refractivity contribution in [1.82, 2.24) is 9.97 Å². The number of hydrogen-bond donors (Lipinski definition) is 2. The zero-order valence-electron chi connectivity index (χ0n) is 14.1. The third-order valence-electron chi connectivity index (χ3n) is 4.47. The van der Waals surface area contributed by atoms with Crippen LogP contribution in [0.3, 0.4) is 0 Å². The molecule has 0 bridgehead atoms. The predicted octanol–water partition coefficient (Wildman–Crippen LogP) is 3.10. The van der Waals surface area contributed by atoms with Crippen LogP contribution in [0.25, 0.3) is 10.2 Å². The number of aromatic amines is 1. The summed E-state index contributed by atoms with van der Waals surface area (Å²) in [5.74, 6) is 1.96. The number of hydrogen-bond acceptors (Lipinski definition) is 6. The molecule has 4 rings (SSSR count). The fourth-order valence-electron chi connectivity index (χ4n) is 3.26. The minimum absolute atomic E-state index is 0.0338. The summed E-state index contributed by atoms with van der Waals surface area (Å²) in [5.41, 5.74) is 2.04. The number of aromatic nitrogens is 2. The first-order chi connectivity index (χ1) is 12.2. The Morgan fingerprint density at radius 2 is 2.08 bits per heavy atom.